The number of para-hydroxylation sites is 1. The van der Waals surface area contributed by atoms with Gasteiger partial charge in [0.25, 0.3) is 11.1 Å². The summed E-state index contributed by atoms with van der Waals surface area (Å²) in [7, 11) is 0. The molecule has 0 radical (unpaired) electrons. The molecule has 7 heteroatoms. The predicted octanol–water partition coefficient (Wildman–Crippen LogP) is 1.28. The molecule has 0 unspecified atom stereocenters. The minimum absolute atomic E-state index is 0.238. The van der Waals surface area contributed by atoms with Crippen LogP contribution in [0.3, 0.4) is 0 Å². The van der Waals surface area contributed by atoms with Gasteiger partial charge in [-0.25, -0.2) is 4.68 Å². The highest BCUT2D eigenvalue weighted by molar-refractivity contribution is 5.81. The minimum atomic E-state index is -0.400. The Labute approximate surface area is 149 Å². The molecular weight excluding hydrogens is 334 g/mol. The Bertz CT molecular complexity index is 1010. The first-order chi connectivity index (χ1) is 12.6. The molecule has 0 aliphatic carbocycles. The van der Waals surface area contributed by atoms with Crippen molar-refractivity contribution in [3.8, 4) is 5.75 Å². The van der Waals surface area contributed by atoms with Crippen LogP contribution in [0.5, 0.6) is 5.75 Å². The van der Waals surface area contributed by atoms with Crippen LogP contribution in [-0.2, 0) is 11.3 Å². The highest BCUT2D eigenvalue weighted by Gasteiger charge is 2.09. The van der Waals surface area contributed by atoms with E-state index in [0.717, 1.165) is 10.4 Å². The molecular formula is C19H19N3O4. The van der Waals surface area contributed by atoms with Gasteiger partial charge in [-0.1, -0.05) is 30.3 Å². The van der Waals surface area contributed by atoms with Crippen molar-refractivity contribution in [2.45, 2.75) is 13.0 Å². The van der Waals surface area contributed by atoms with Gasteiger partial charge in [-0.15, -0.1) is 0 Å². The number of rotatable bonds is 7. The number of aromatic amines is 1. The van der Waals surface area contributed by atoms with Crippen LogP contribution >= 0.6 is 0 Å². The standard InChI is InChI=1S/C19H19N3O4/c23-17(20-11-6-12-26-14-7-2-1-3-8-14)13-22-19(25)16-10-5-4-9-15(16)18(24)21-22/h1-5,7-10H,6,11-13H2,(H,20,23)(H,21,24). The molecule has 3 rings (SSSR count). The number of carbonyl (C=O) groups is 1. The van der Waals surface area contributed by atoms with E-state index < -0.39 is 11.1 Å². The average molecular weight is 353 g/mol. The first-order valence-corrected chi connectivity index (χ1v) is 8.31. The van der Waals surface area contributed by atoms with Gasteiger partial charge in [0.2, 0.25) is 5.91 Å². The van der Waals surface area contributed by atoms with Gasteiger partial charge in [-0.05, 0) is 30.7 Å². The fourth-order valence-corrected chi connectivity index (χ4v) is 2.56. The van der Waals surface area contributed by atoms with Gasteiger partial charge in [0.1, 0.15) is 12.3 Å². The molecule has 1 heterocycles. The number of amides is 1. The van der Waals surface area contributed by atoms with E-state index >= 15 is 0 Å². The van der Waals surface area contributed by atoms with E-state index in [1.54, 1.807) is 24.3 Å². The normalized spacial score (nSPS) is 10.6. The van der Waals surface area contributed by atoms with Crippen molar-refractivity contribution in [3.05, 3.63) is 75.3 Å². The molecule has 0 aliphatic heterocycles. The Balaban J connectivity index is 1.52. The topological polar surface area (TPSA) is 93.2 Å². The molecule has 2 N–H and O–H groups in total. The number of nitrogens with one attached hydrogen (secondary N) is 2. The van der Waals surface area contributed by atoms with Crippen molar-refractivity contribution in [2.24, 2.45) is 0 Å². The lowest BCUT2D eigenvalue weighted by molar-refractivity contribution is -0.121. The van der Waals surface area contributed by atoms with Crippen molar-refractivity contribution < 1.29 is 9.53 Å². The van der Waals surface area contributed by atoms with Crippen LogP contribution in [0.1, 0.15) is 6.42 Å². The zero-order chi connectivity index (χ0) is 18.4. The van der Waals surface area contributed by atoms with Gasteiger partial charge in [0.15, 0.2) is 0 Å². The quantitative estimate of drug-likeness (QED) is 0.626. The Kier molecular flexibility index (Phi) is 5.48. The Morgan fingerprint density at radius 1 is 1.00 bits per heavy atom. The number of nitrogens with zero attached hydrogens (tertiary/aromatic N) is 1. The number of aromatic nitrogens is 2. The average Bonchev–Trinajstić information content (AvgIpc) is 2.66. The second-order valence-electron chi connectivity index (χ2n) is 5.74. The van der Waals surface area contributed by atoms with Crippen LogP contribution in [0.2, 0.25) is 0 Å². The zero-order valence-electron chi connectivity index (χ0n) is 14.1. The molecule has 134 valence electrons. The summed E-state index contributed by atoms with van der Waals surface area (Å²) in [6.07, 6.45) is 0.629. The Morgan fingerprint density at radius 3 is 2.46 bits per heavy atom. The van der Waals surface area contributed by atoms with E-state index in [-0.39, 0.29) is 12.5 Å². The second kappa shape index (κ2) is 8.15. The predicted molar refractivity (Wildman–Crippen MR) is 98.4 cm³/mol. The summed E-state index contributed by atoms with van der Waals surface area (Å²) in [5.74, 6) is 0.428. The van der Waals surface area contributed by atoms with E-state index in [9.17, 15) is 14.4 Å². The number of hydrogen-bond acceptors (Lipinski definition) is 4. The van der Waals surface area contributed by atoms with E-state index in [0.29, 0.717) is 30.3 Å². The lowest BCUT2D eigenvalue weighted by Crippen LogP contribution is -2.37. The summed E-state index contributed by atoms with van der Waals surface area (Å²) in [6.45, 7) is 0.647. The number of benzene rings is 2. The number of hydrogen-bond donors (Lipinski definition) is 2. The molecule has 1 amide bonds. The van der Waals surface area contributed by atoms with E-state index in [4.69, 9.17) is 4.74 Å². The van der Waals surface area contributed by atoms with Gasteiger partial charge in [0.05, 0.1) is 17.4 Å². The molecule has 0 fully saturated rings. The van der Waals surface area contributed by atoms with Crippen LogP contribution in [0.25, 0.3) is 10.8 Å². The number of ether oxygens (including phenoxy) is 1. The molecule has 0 aliphatic rings. The summed E-state index contributed by atoms with van der Waals surface area (Å²) < 4.78 is 6.56. The number of carbonyl (C=O) groups excluding carboxylic acids is 1. The lowest BCUT2D eigenvalue weighted by Gasteiger charge is -2.09. The Morgan fingerprint density at radius 2 is 1.69 bits per heavy atom. The van der Waals surface area contributed by atoms with Crippen LogP contribution in [0.4, 0.5) is 0 Å². The van der Waals surface area contributed by atoms with Crippen LogP contribution < -0.4 is 21.2 Å². The van der Waals surface area contributed by atoms with Crippen molar-refractivity contribution in [1.82, 2.24) is 15.1 Å². The highest BCUT2D eigenvalue weighted by Crippen LogP contribution is 2.08. The van der Waals surface area contributed by atoms with Crippen molar-refractivity contribution in [3.63, 3.8) is 0 Å². The first kappa shape index (κ1) is 17.5. The molecule has 0 atom stereocenters. The smallest absolute Gasteiger partial charge is 0.273 e. The third-order valence-corrected chi connectivity index (χ3v) is 3.84. The second-order valence-corrected chi connectivity index (χ2v) is 5.74. The maximum atomic E-state index is 12.3. The number of fused-ring (bicyclic) bond motifs is 1. The third kappa shape index (κ3) is 4.18. The SMILES string of the molecule is O=C(Cn1[nH]c(=O)c2ccccc2c1=O)NCCCOc1ccccc1. The summed E-state index contributed by atoms with van der Waals surface area (Å²) in [5, 5.41) is 5.75. The van der Waals surface area contributed by atoms with Gasteiger partial charge < -0.3 is 10.1 Å². The van der Waals surface area contributed by atoms with Gasteiger partial charge in [0, 0.05) is 6.54 Å². The molecule has 7 nitrogen and oxygen atoms in total. The van der Waals surface area contributed by atoms with E-state index in [1.165, 1.54) is 0 Å². The van der Waals surface area contributed by atoms with Crippen molar-refractivity contribution in [2.75, 3.05) is 13.2 Å². The zero-order valence-corrected chi connectivity index (χ0v) is 14.1. The molecule has 0 saturated carbocycles. The van der Waals surface area contributed by atoms with Crippen LogP contribution in [0.15, 0.2) is 64.2 Å². The van der Waals surface area contributed by atoms with Crippen molar-refractivity contribution >= 4 is 16.7 Å². The summed E-state index contributed by atoms with van der Waals surface area (Å²) in [4.78, 5) is 36.4. The van der Waals surface area contributed by atoms with Crippen LogP contribution in [-0.4, -0.2) is 28.8 Å². The van der Waals surface area contributed by atoms with Gasteiger partial charge in [-0.2, -0.15) is 0 Å². The number of H-pyrrole nitrogens is 1. The molecule has 0 saturated heterocycles. The third-order valence-electron chi connectivity index (χ3n) is 3.84. The molecule has 26 heavy (non-hydrogen) atoms. The lowest BCUT2D eigenvalue weighted by atomic mass is 10.2. The first-order valence-electron chi connectivity index (χ1n) is 8.31. The monoisotopic (exact) mass is 353 g/mol. The summed E-state index contributed by atoms with van der Waals surface area (Å²) in [5.41, 5.74) is -0.799. The molecule has 2 aromatic carbocycles. The van der Waals surface area contributed by atoms with Crippen LogP contribution in [0, 0.1) is 0 Å². The highest BCUT2D eigenvalue weighted by atomic mass is 16.5. The molecule has 0 bridgehead atoms. The van der Waals surface area contributed by atoms with E-state index in [1.807, 2.05) is 30.3 Å². The summed E-state index contributed by atoms with van der Waals surface area (Å²) in [6, 6.07) is 15.9. The fraction of sp³-hybridized carbons (Fsp3) is 0.211. The molecule has 1 aromatic heterocycles. The fourth-order valence-electron chi connectivity index (χ4n) is 2.56. The minimum Gasteiger partial charge on any atom is -0.494 e. The summed E-state index contributed by atoms with van der Waals surface area (Å²) >= 11 is 0. The molecule has 0 spiro atoms. The molecule has 3 aromatic rings. The van der Waals surface area contributed by atoms with Crippen molar-refractivity contribution in [1.29, 1.82) is 0 Å². The van der Waals surface area contributed by atoms with Gasteiger partial charge in [-0.3, -0.25) is 19.5 Å². The maximum absolute atomic E-state index is 12.3. The maximum Gasteiger partial charge on any atom is 0.273 e. The Hall–Kier alpha value is -3.35. The van der Waals surface area contributed by atoms with E-state index in [2.05, 4.69) is 10.4 Å². The van der Waals surface area contributed by atoms with Gasteiger partial charge >= 0.3 is 0 Å². The largest absolute Gasteiger partial charge is 0.494 e.